The Morgan fingerprint density at radius 1 is 1.35 bits per heavy atom. The lowest BCUT2D eigenvalue weighted by molar-refractivity contribution is -0.0830. The first-order valence-electron chi connectivity index (χ1n) is 6.62. The first kappa shape index (κ1) is 15.4. The molecule has 0 amide bonds. The lowest BCUT2D eigenvalue weighted by atomic mass is 9.59. The van der Waals surface area contributed by atoms with Crippen LogP contribution >= 0.6 is 22.6 Å². The first-order valence-corrected chi connectivity index (χ1v) is 7.87. The second kappa shape index (κ2) is 7.74. The van der Waals surface area contributed by atoms with Crippen molar-refractivity contribution in [1.29, 1.82) is 0 Å². The van der Waals surface area contributed by atoms with Crippen LogP contribution in [0.15, 0.2) is 10.2 Å². The van der Waals surface area contributed by atoms with Gasteiger partial charge in [0.05, 0.1) is 19.3 Å². The van der Waals surface area contributed by atoms with E-state index in [1.165, 1.54) is 19.3 Å². The predicted octanol–water partition coefficient (Wildman–Crippen LogP) is 4.18. The number of hydrogen-bond acceptors (Lipinski definition) is 2. The molecule has 0 spiro atoms. The van der Waals surface area contributed by atoms with Gasteiger partial charge in [0.25, 0.3) is 0 Å². The SMILES string of the molecule is CCOCCOC(/C=C/I)C1(C)CC(CC)C1. The molecule has 1 fully saturated rings. The van der Waals surface area contributed by atoms with Crippen LogP contribution in [0.5, 0.6) is 0 Å². The number of rotatable bonds is 8. The molecule has 0 N–H and O–H groups in total. The molecule has 0 aromatic heterocycles. The van der Waals surface area contributed by atoms with E-state index in [0.29, 0.717) is 18.6 Å². The van der Waals surface area contributed by atoms with Gasteiger partial charge < -0.3 is 9.47 Å². The normalized spacial score (nSPS) is 30.5. The van der Waals surface area contributed by atoms with E-state index in [-0.39, 0.29) is 6.10 Å². The fourth-order valence-corrected chi connectivity index (χ4v) is 3.09. The molecule has 0 bridgehead atoms. The van der Waals surface area contributed by atoms with E-state index in [4.69, 9.17) is 9.47 Å². The Hall–Kier alpha value is 0.390. The third-order valence-corrected chi connectivity index (χ3v) is 4.17. The second-order valence-electron chi connectivity index (χ2n) is 5.14. The lowest BCUT2D eigenvalue weighted by Crippen LogP contribution is -2.44. The monoisotopic (exact) mass is 352 g/mol. The van der Waals surface area contributed by atoms with Crippen molar-refractivity contribution in [3.05, 3.63) is 10.2 Å². The van der Waals surface area contributed by atoms with E-state index in [1.54, 1.807) is 0 Å². The number of halogens is 1. The van der Waals surface area contributed by atoms with Crippen molar-refractivity contribution in [3.8, 4) is 0 Å². The van der Waals surface area contributed by atoms with E-state index >= 15 is 0 Å². The fourth-order valence-electron chi connectivity index (χ4n) is 2.71. The fraction of sp³-hybridized carbons (Fsp3) is 0.857. The van der Waals surface area contributed by atoms with Crippen molar-refractivity contribution in [3.63, 3.8) is 0 Å². The van der Waals surface area contributed by atoms with E-state index in [1.807, 2.05) is 6.92 Å². The molecule has 0 radical (unpaired) electrons. The molecule has 1 atom stereocenters. The van der Waals surface area contributed by atoms with Gasteiger partial charge in [0.1, 0.15) is 0 Å². The van der Waals surface area contributed by atoms with Gasteiger partial charge in [0.2, 0.25) is 0 Å². The Morgan fingerprint density at radius 3 is 2.59 bits per heavy atom. The van der Waals surface area contributed by atoms with Crippen LogP contribution in [-0.2, 0) is 9.47 Å². The Labute approximate surface area is 119 Å². The van der Waals surface area contributed by atoms with Crippen LogP contribution in [0.3, 0.4) is 0 Å². The maximum absolute atomic E-state index is 5.97. The molecule has 0 heterocycles. The second-order valence-corrected chi connectivity index (χ2v) is 5.86. The van der Waals surface area contributed by atoms with E-state index in [2.05, 4.69) is 46.6 Å². The molecule has 3 heteroatoms. The van der Waals surface area contributed by atoms with Gasteiger partial charge in [-0.15, -0.1) is 0 Å². The van der Waals surface area contributed by atoms with Gasteiger partial charge in [0.15, 0.2) is 0 Å². The highest BCUT2D eigenvalue weighted by Crippen LogP contribution is 2.50. The van der Waals surface area contributed by atoms with Crippen LogP contribution in [0.25, 0.3) is 0 Å². The van der Waals surface area contributed by atoms with Crippen molar-refractivity contribution in [2.45, 2.75) is 46.1 Å². The van der Waals surface area contributed by atoms with Crippen molar-refractivity contribution < 1.29 is 9.47 Å². The summed E-state index contributed by atoms with van der Waals surface area (Å²) in [4.78, 5) is 0. The average molecular weight is 352 g/mol. The van der Waals surface area contributed by atoms with Crippen molar-refractivity contribution in [1.82, 2.24) is 0 Å². The third kappa shape index (κ3) is 4.52. The van der Waals surface area contributed by atoms with Gasteiger partial charge in [-0.3, -0.25) is 0 Å². The highest BCUT2D eigenvalue weighted by Gasteiger charge is 2.44. The van der Waals surface area contributed by atoms with Gasteiger partial charge in [-0.05, 0) is 41.3 Å². The average Bonchev–Trinajstić information content (AvgIpc) is 2.29. The van der Waals surface area contributed by atoms with Crippen LogP contribution in [-0.4, -0.2) is 25.9 Å². The standard InChI is InChI=1S/C14H25IO2/c1-4-12-10-14(3,11-12)13(6-7-15)17-9-8-16-5-2/h6-7,12-13H,4-5,8-11H2,1-3H3/b7-6+. The molecule has 17 heavy (non-hydrogen) atoms. The summed E-state index contributed by atoms with van der Waals surface area (Å²) in [6.45, 7) is 8.82. The van der Waals surface area contributed by atoms with Crippen LogP contribution in [0.2, 0.25) is 0 Å². The maximum atomic E-state index is 5.97. The molecular formula is C14H25IO2. The molecule has 0 saturated heterocycles. The Kier molecular flexibility index (Phi) is 7.04. The molecule has 1 rings (SSSR count). The van der Waals surface area contributed by atoms with Crippen LogP contribution in [0, 0.1) is 11.3 Å². The summed E-state index contributed by atoms with van der Waals surface area (Å²) in [5, 5.41) is 0. The molecule has 0 aromatic carbocycles. The minimum Gasteiger partial charge on any atom is -0.379 e. The highest BCUT2D eigenvalue weighted by molar-refractivity contribution is 14.1. The molecule has 2 nitrogen and oxygen atoms in total. The smallest absolute Gasteiger partial charge is 0.0818 e. The van der Waals surface area contributed by atoms with Crippen LogP contribution in [0.1, 0.15) is 40.0 Å². The zero-order valence-electron chi connectivity index (χ0n) is 11.2. The van der Waals surface area contributed by atoms with Crippen molar-refractivity contribution >= 4 is 22.6 Å². The van der Waals surface area contributed by atoms with Crippen molar-refractivity contribution in [2.75, 3.05) is 19.8 Å². The van der Waals surface area contributed by atoms with E-state index < -0.39 is 0 Å². The summed E-state index contributed by atoms with van der Waals surface area (Å²) in [6, 6.07) is 0. The Morgan fingerprint density at radius 2 is 2.06 bits per heavy atom. The summed E-state index contributed by atoms with van der Waals surface area (Å²) in [5.74, 6) is 0.903. The Bertz CT molecular complexity index is 234. The van der Waals surface area contributed by atoms with Crippen molar-refractivity contribution in [2.24, 2.45) is 11.3 Å². The van der Waals surface area contributed by atoms with Gasteiger partial charge in [-0.25, -0.2) is 0 Å². The van der Waals surface area contributed by atoms with E-state index in [9.17, 15) is 0 Å². The van der Waals surface area contributed by atoms with Crippen LogP contribution in [0.4, 0.5) is 0 Å². The largest absolute Gasteiger partial charge is 0.379 e. The van der Waals surface area contributed by atoms with Gasteiger partial charge in [0, 0.05) is 6.61 Å². The molecule has 1 aliphatic carbocycles. The molecule has 0 aromatic rings. The van der Waals surface area contributed by atoms with Gasteiger partial charge in [-0.2, -0.15) is 0 Å². The maximum Gasteiger partial charge on any atom is 0.0818 e. The summed E-state index contributed by atoms with van der Waals surface area (Å²) in [7, 11) is 0. The summed E-state index contributed by atoms with van der Waals surface area (Å²) >= 11 is 2.27. The summed E-state index contributed by atoms with van der Waals surface area (Å²) in [5.41, 5.74) is 0.342. The highest BCUT2D eigenvalue weighted by atomic mass is 127. The lowest BCUT2D eigenvalue weighted by Gasteiger charge is -2.49. The predicted molar refractivity (Wildman–Crippen MR) is 80.5 cm³/mol. The quantitative estimate of drug-likeness (QED) is 0.482. The topological polar surface area (TPSA) is 18.5 Å². The molecule has 0 aliphatic heterocycles. The molecule has 1 unspecified atom stereocenters. The third-order valence-electron chi connectivity index (χ3n) is 3.75. The van der Waals surface area contributed by atoms with Gasteiger partial charge >= 0.3 is 0 Å². The minimum absolute atomic E-state index is 0.252. The van der Waals surface area contributed by atoms with Gasteiger partial charge in [-0.1, -0.05) is 42.9 Å². The number of hydrogen-bond donors (Lipinski definition) is 0. The Balaban J connectivity index is 2.38. The minimum atomic E-state index is 0.252. The van der Waals surface area contributed by atoms with Crippen LogP contribution < -0.4 is 0 Å². The zero-order valence-corrected chi connectivity index (χ0v) is 13.4. The summed E-state index contributed by atoms with van der Waals surface area (Å²) in [6.07, 6.45) is 6.34. The summed E-state index contributed by atoms with van der Waals surface area (Å²) < 4.78 is 13.4. The zero-order chi connectivity index (χ0) is 12.7. The molecule has 100 valence electrons. The van der Waals surface area contributed by atoms with E-state index in [0.717, 1.165) is 12.5 Å². The molecule has 1 saturated carbocycles. The number of ether oxygens (including phenoxy) is 2. The molecule has 1 aliphatic rings. The first-order chi connectivity index (χ1) is 8.16. The molecular weight excluding hydrogens is 327 g/mol.